The Kier molecular flexibility index (Phi) is 4.37. The van der Waals surface area contributed by atoms with Crippen molar-refractivity contribution in [1.29, 1.82) is 0 Å². The summed E-state index contributed by atoms with van der Waals surface area (Å²) in [5.41, 5.74) is 4.22. The Morgan fingerprint density at radius 1 is 1.15 bits per heavy atom. The SMILES string of the molecule is CSc1cccc(NC2CCc3cc(Br)ccc3C2)c1. The Morgan fingerprint density at radius 3 is 2.90 bits per heavy atom. The molecule has 20 heavy (non-hydrogen) atoms. The molecule has 104 valence electrons. The maximum Gasteiger partial charge on any atom is 0.0353 e. The summed E-state index contributed by atoms with van der Waals surface area (Å²) >= 11 is 5.35. The van der Waals surface area contributed by atoms with Gasteiger partial charge in [-0.2, -0.15) is 0 Å². The number of rotatable bonds is 3. The van der Waals surface area contributed by atoms with Crippen molar-refractivity contribution in [2.24, 2.45) is 0 Å². The summed E-state index contributed by atoms with van der Waals surface area (Å²) < 4.78 is 1.19. The van der Waals surface area contributed by atoms with Gasteiger partial charge in [0.05, 0.1) is 0 Å². The largest absolute Gasteiger partial charge is 0.382 e. The smallest absolute Gasteiger partial charge is 0.0353 e. The average Bonchev–Trinajstić information content (AvgIpc) is 2.47. The van der Waals surface area contributed by atoms with Gasteiger partial charge in [-0.3, -0.25) is 0 Å². The summed E-state index contributed by atoms with van der Waals surface area (Å²) in [6.07, 6.45) is 5.60. The van der Waals surface area contributed by atoms with Gasteiger partial charge in [-0.15, -0.1) is 11.8 Å². The number of thioether (sulfide) groups is 1. The first-order chi connectivity index (χ1) is 9.74. The molecule has 1 aliphatic carbocycles. The van der Waals surface area contributed by atoms with Crippen LogP contribution in [0.3, 0.4) is 0 Å². The van der Waals surface area contributed by atoms with E-state index in [9.17, 15) is 0 Å². The summed E-state index contributed by atoms with van der Waals surface area (Å²) in [6.45, 7) is 0. The molecular formula is C17H18BrNS. The van der Waals surface area contributed by atoms with Crippen LogP contribution in [0.5, 0.6) is 0 Å². The van der Waals surface area contributed by atoms with E-state index in [1.807, 2.05) is 0 Å². The van der Waals surface area contributed by atoms with Crippen molar-refractivity contribution in [2.45, 2.75) is 30.2 Å². The van der Waals surface area contributed by atoms with Crippen molar-refractivity contribution >= 4 is 33.4 Å². The highest BCUT2D eigenvalue weighted by molar-refractivity contribution is 9.10. The van der Waals surface area contributed by atoms with E-state index in [4.69, 9.17) is 0 Å². The fourth-order valence-electron chi connectivity index (χ4n) is 2.80. The van der Waals surface area contributed by atoms with Crippen LogP contribution >= 0.6 is 27.7 Å². The van der Waals surface area contributed by atoms with E-state index in [0.717, 1.165) is 12.8 Å². The highest BCUT2D eigenvalue weighted by atomic mass is 79.9. The van der Waals surface area contributed by atoms with Gasteiger partial charge in [0.25, 0.3) is 0 Å². The van der Waals surface area contributed by atoms with E-state index in [0.29, 0.717) is 6.04 Å². The number of fused-ring (bicyclic) bond motifs is 1. The number of benzene rings is 2. The molecule has 0 aromatic heterocycles. The quantitative estimate of drug-likeness (QED) is 0.771. The molecule has 2 aromatic carbocycles. The lowest BCUT2D eigenvalue weighted by atomic mass is 9.88. The minimum absolute atomic E-state index is 0.542. The van der Waals surface area contributed by atoms with Crippen molar-refractivity contribution < 1.29 is 0 Å². The number of aryl methyl sites for hydroxylation is 1. The normalized spacial score (nSPS) is 17.6. The molecule has 0 spiro atoms. The van der Waals surface area contributed by atoms with Crippen LogP contribution in [-0.2, 0) is 12.8 Å². The summed E-state index contributed by atoms with van der Waals surface area (Å²) in [5, 5.41) is 3.69. The van der Waals surface area contributed by atoms with Gasteiger partial charge >= 0.3 is 0 Å². The van der Waals surface area contributed by atoms with E-state index in [1.165, 1.54) is 32.6 Å². The van der Waals surface area contributed by atoms with Crippen molar-refractivity contribution in [2.75, 3.05) is 11.6 Å². The molecule has 1 nitrogen and oxygen atoms in total. The van der Waals surface area contributed by atoms with Crippen LogP contribution in [0, 0.1) is 0 Å². The molecule has 3 rings (SSSR count). The molecule has 1 N–H and O–H groups in total. The van der Waals surface area contributed by atoms with Gasteiger partial charge in [-0.05, 0) is 67.0 Å². The molecule has 0 heterocycles. The third kappa shape index (κ3) is 3.21. The molecule has 0 amide bonds. The Morgan fingerprint density at radius 2 is 2.05 bits per heavy atom. The Balaban J connectivity index is 1.72. The minimum atomic E-state index is 0.542. The van der Waals surface area contributed by atoms with Crippen LogP contribution in [0.4, 0.5) is 5.69 Å². The summed E-state index contributed by atoms with van der Waals surface area (Å²) in [7, 11) is 0. The van der Waals surface area contributed by atoms with E-state index < -0.39 is 0 Å². The van der Waals surface area contributed by atoms with E-state index >= 15 is 0 Å². The Bertz CT molecular complexity index is 612. The Labute approximate surface area is 133 Å². The monoisotopic (exact) mass is 347 g/mol. The van der Waals surface area contributed by atoms with E-state index in [1.54, 1.807) is 11.8 Å². The molecule has 3 heteroatoms. The molecule has 0 saturated heterocycles. The first-order valence-electron chi connectivity index (χ1n) is 6.92. The van der Waals surface area contributed by atoms with Gasteiger partial charge in [0.15, 0.2) is 0 Å². The van der Waals surface area contributed by atoms with E-state index in [-0.39, 0.29) is 0 Å². The second-order valence-electron chi connectivity index (χ2n) is 5.23. The predicted octanol–water partition coefficient (Wildman–Crippen LogP) is 5.14. The Hall–Kier alpha value is -0.930. The second-order valence-corrected chi connectivity index (χ2v) is 7.02. The summed E-state index contributed by atoms with van der Waals surface area (Å²) in [4.78, 5) is 1.31. The maximum absolute atomic E-state index is 3.69. The molecule has 0 aliphatic heterocycles. The van der Waals surface area contributed by atoms with Crippen molar-refractivity contribution in [3.05, 3.63) is 58.1 Å². The summed E-state index contributed by atoms with van der Waals surface area (Å²) in [6, 6.07) is 15.9. The molecule has 1 unspecified atom stereocenters. The summed E-state index contributed by atoms with van der Waals surface area (Å²) in [5.74, 6) is 0. The van der Waals surface area contributed by atoms with Gasteiger partial charge in [0.2, 0.25) is 0 Å². The molecule has 1 aliphatic rings. The standard InChI is InChI=1S/C17H18BrNS/c1-20-17-4-2-3-15(11-17)19-16-8-6-12-9-14(18)7-5-13(12)10-16/h2-5,7,9,11,16,19H,6,8,10H2,1H3. The molecule has 0 bridgehead atoms. The average molecular weight is 348 g/mol. The van der Waals surface area contributed by atoms with Gasteiger partial charge in [-0.1, -0.05) is 28.1 Å². The van der Waals surface area contributed by atoms with Crippen molar-refractivity contribution in [3.63, 3.8) is 0 Å². The molecular weight excluding hydrogens is 330 g/mol. The zero-order chi connectivity index (χ0) is 13.9. The highest BCUT2D eigenvalue weighted by Gasteiger charge is 2.18. The first kappa shape index (κ1) is 14.0. The lowest BCUT2D eigenvalue weighted by molar-refractivity contribution is 0.610. The molecule has 1 atom stereocenters. The second kappa shape index (κ2) is 6.23. The van der Waals surface area contributed by atoms with Crippen LogP contribution in [0.2, 0.25) is 0 Å². The first-order valence-corrected chi connectivity index (χ1v) is 8.94. The van der Waals surface area contributed by atoms with Crippen LogP contribution in [0.1, 0.15) is 17.5 Å². The van der Waals surface area contributed by atoms with Gasteiger partial charge in [0, 0.05) is 21.1 Å². The van der Waals surface area contributed by atoms with E-state index in [2.05, 4.69) is 70.0 Å². The molecule has 2 aromatic rings. The fourth-order valence-corrected chi connectivity index (χ4v) is 3.66. The van der Waals surface area contributed by atoms with Crippen LogP contribution in [0.25, 0.3) is 0 Å². The lowest BCUT2D eigenvalue weighted by Crippen LogP contribution is -2.27. The molecule has 0 saturated carbocycles. The third-order valence-electron chi connectivity index (χ3n) is 3.84. The molecule has 0 fully saturated rings. The van der Waals surface area contributed by atoms with Crippen LogP contribution in [-0.4, -0.2) is 12.3 Å². The van der Waals surface area contributed by atoms with Gasteiger partial charge in [0.1, 0.15) is 0 Å². The van der Waals surface area contributed by atoms with Crippen LogP contribution < -0.4 is 5.32 Å². The predicted molar refractivity (Wildman–Crippen MR) is 91.8 cm³/mol. The highest BCUT2D eigenvalue weighted by Crippen LogP contribution is 2.27. The fraction of sp³-hybridized carbons (Fsp3) is 0.294. The number of hydrogen-bond acceptors (Lipinski definition) is 2. The van der Waals surface area contributed by atoms with Crippen LogP contribution in [0.15, 0.2) is 51.8 Å². The molecule has 0 radical (unpaired) electrons. The zero-order valence-electron chi connectivity index (χ0n) is 11.5. The number of anilines is 1. The van der Waals surface area contributed by atoms with Gasteiger partial charge < -0.3 is 5.32 Å². The topological polar surface area (TPSA) is 12.0 Å². The number of halogens is 1. The third-order valence-corrected chi connectivity index (χ3v) is 5.06. The van der Waals surface area contributed by atoms with Crippen molar-refractivity contribution in [1.82, 2.24) is 0 Å². The number of nitrogens with one attached hydrogen (secondary N) is 1. The van der Waals surface area contributed by atoms with Gasteiger partial charge in [-0.25, -0.2) is 0 Å². The number of hydrogen-bond donors (Lipinski definition) is 1. The lowest BCUT2D eigenvalue weighted by Gasteiger charge is -2.26. The minimum Gasteiger partial charge on any atom is -0.382 e. The zero-order valence-corrected chi connectivity index (χ0v) is 13.9. The maximum atomic E-state index is 3.69. The van der Waals surface area contributed by atoms with Crippen molar-refractivity contribution in [3.8, 4) is 0 Å².